The molecule has 1 atom stereocenters. The number of hydrogen-bond donors (Lipinski definition) is 0. The van der Waals surface area contributed by atoms with Crippen LogP contribution in [0.3, 0.4) is 0 Å². The maximum Gasteiger partial charge on any atom is 0.180 e. The van der Waals surface area contributed by atoms with E-state index in [1.807, 2.05) is 34.9 Å². The van der Waals surface area contributed by atoms with E-state index in [0.29, 0.717) is 5.02 Å². The van der Waals surface area contributed by atoms with E-state index >= 15 is 0 Å². The zero-order valence-corrected chi connectivity index (χ0v) is 12.5. The topological polar surface area (TPSA) is 55.5 Å². The maximum absolute atomic E-state index is 6.15. The number of rotatable bonds is 3. The molecule has 0 amide bonds. The molecule has 1 fully saturated rings. The Hall–Kier alpha value is -2.34. The summed E-state index contributed by atoms with van der Waals surface area (Å²) in [6.45, 7) is 1.68. The summed E-state index contributed by atoms with van der Waals surface area (Å²) in [4.78, 5) is 6.45. The van der Waals surface area contributed by atoms with Crippen LogP contribution in [0.1, 0.15) is 6.42 Å². The highest BCUT2D eigenvalue weighted by molar-refractivity contribution is 6.32. The first-order chi connectivity index (χ1) is 10.8. The highest BCUT2D eigenvalue weighted by atomic mass is 35.5. The first kappa shape index (κ1) is 13.3. The smallest absolute Gasteiger partial charge is 0.180 e. The SMILES string of the molecule is Clc1ccccc1OC1CCN(c2cncc3nncn23)C1. The number of hydrogen-bond acceptors (Lipinski definition) is 5. The van der Waals surface area contributed by atoms with E-state index in [0.717, 1.165) is 36.7 Å². The lowest BCUT2D eigenvalue weighted by atomic mass is 10.3. The Morgan fingerprint density at radius 1 is 1.23 bits per heavy atom. The van der Waals surface area contributed by atoms with Gasteiger partial charge in [0, 0.05) is 13.0 Å². The van der Waals surface area contributed by atoms with E-state index in [-0.39, 0.29) is 6.10 Å². The van der Waals surface area contributed by atoms with Gasteiger partial charge in [-0.25, -0.2) is 0 Å². The quantitative estimate of drug-likeness (QED) is 0.743. The van der Waals surface area contributed by atoms with Crippen LogP contribution >= 0.6 is 11.6 Å². The summed E-state index contributed by atoms with van der Waals surface area (Å²) in [5.74, 6) is 1.71. The van der Waals surface area contributed by atoms with Crippen molar-refractivity contribution < 1.29 is 4.74 Å². The van der Waals surface area contributed by atoms with Crippen molar-refractivity contribution in [3.63, 3.8) is 0 Å². The average Bonchev–Trinajstić information content (AvgIpc) is 3.18. The molecule has 1 saturated heterocycles. The monoisotopic (exact) mass is 315 g/mol. The molecule has 22 heavy (non-hydrogen) atoms. The molecular formula is C15H14ClN5O. The van der Waals surface area contributed by atoms with E-state index < -0.39 is 0 Å². The van der Waals surface area contributed by atoms with Crippen molar-refractivity contribution in [2.75, 3.05) is 18.0 Å². The van der Waals surface area contributed by atoms with Gasteiger partial charge in [-0.1, -0.05) is 23.7 Å². The van der Waals surface area contributed by atoms with Gasteiger partial charge in [0.15, 0.2) is 5.65 Å². The second-order valence-corrected chi connectivity index (χ2v) is 5.64. The fourth-order valence-corrected chi connectivity index (χ4v) is 2.91. The fourth-order valence-electron chi connectivity index (χ4n) is 2.73. The molecular weight excluding hydrogens is 302 g/mol. The van der Waals surface area contributed by atoms with Crippen molar-refractivity contribution in [1.29, 1.82) is 0 Å². The Labute approximate surface area is 132 Å². The van der Waals surface area contributed by atoms with E-state index in [4.69, 9.17) is 16.3 Å². The number of fused-ring (bicyclic) bond motifs is 1. The fraction of sp³-hybridized carbons (Fsp3) is 0.267. The second kappa shape index (κ2) is 5.46. The van der Waals surface area contributed by atoms with Gasteiger partial charge in [0.1, 0.15) is 24.0 Å². The molecule has 112 valence electrons. The number of ether oxygens (including phenoxy) is 1. The summed E-state index contributed by atoms with van der Waals surface area (Å²) >= 11 is 6.15. The number of halogens is 1. The van der Waals surface area contributed by atoms with Crippen LogP contribution in [0.2, 0.25) is 5.02 Å². The van der Waals surface area contributed by atoms with Gasteiger partial charge in [-0.2, -0.15) is 0 Å². The summed E-state index contributed by atoms with van der Waals surface area (Å²) in [5.41, 5.74) is 0.743. The molecule has 0 aliphatic carbocycles. The van der Waals surface area contributed by atoms with Gasteiger partial charge in [0.25, 0.3) is 0 Å². The number of anilines is 1. The van der Waals surface area contributed by atoms with Crippen LogP contribution in [0.4, 0.5) is 5.82 Å². The predicted molar refractivity (Wildman–Crippen MR) is 83.5 cm³/mol. The number of para-hydroxylation sites is 1. The number of aromatic nitrogens is 4. The van der Waals surface area contributed by atoms with Crippen LogP contribution in [-0.4, -0.2) is 38.8 Å². The zero-order chi connectivity index (χ0) is 14.9. The van der Waals surface area contributed by atoms with Gasteiger partial charge in [-0.3, -0.25) is 9.38 Å². The molecule has 4 rings (SSSR count). The lowest BCUT2D eigenvalue weighted by Gasteiger charge is -2.19. The van der Waals surface area contributed by atoms with Crippen LogP contribution in [0.25, 0.3) is 5.65 Å². The molecule has 2 aromatic heterocycles. The van der Waals surface area contributed by atoms with E-state index in [1.54, 1.807) is 12.5 Å². The van der Waals surface area contributed by atoms with Gasteiger partial charge in [0.05, 0.1) is 24.0 Å². The highest BCUT2D eigenvalue weighted by Crippen LogP contribution is 2.28. The zero-order valence-electron chi connectivity index (χ0n) is 11.8. The number of benzene rings is 1. The Morgan fingerprint density at radius 2 is 2.14 bits per heavy atom. The molecule has 0 spiro atoms. The lowest BCUT2D eigenvalue weighted by Crippen LogP contribution is -2.26. The highest BCUT2D eigenvalue weighted by Gasteiger charge is 2.26. The Bertz CT molecular complexity index is 805. The normalized spacial score (nSPS) is 18.0. The van der Waals surface area contributed by atoms with Crippen molar-refractivity contribution >= 4 is 23.1 Å². The molecule has 1 aliphatic rings. The third kappa shape index (κ3) is 2.35. The molecule has 0 bridgehead atoms. The van der Waals surface area contributed by atoms with Gasteiger partial charge in [0.2, 0.25) is 0 Å². The van der Waals surface area contributed by atoms with Gasteiger partial charge < -0.3 is 9.64 Å². The molecule has 1 aliphatic heterocycles. The molecule has 0 N–H and O–H groups in total. The van der Waals surface area contributed by atoms with E-state index in [1.165, 1.54) is 0 Å². The molecule has 0 radical (unpaired) electrons. The van der Waals surface area contributed by atoms with E-state index in [9.17, 15) is 0 Å². The lowest BCUT2D eigenvalue weighted by molar-refractivity contribution is 0.225. The van der Waals surface area contributed by atoms with Crippen LogP contribution in [-0.2, 0) is 0 Å². The molecule has 1 unspecified atom stereocenters. The van der Waals surface area contributed by atoms with Gasteiger partial charge in [-0.05, 0) is 12.1 Å². The van der Waals surface area contributed by atoms with Crippen molar-refractivity contribution in [3.05, 3.63) is 48.0 Å². The van der Waals surface area contributed by atoms with Crippen LogP contribution in [0, 0.1) is 0 Å². The molecule has 1 aromatic carbocycles. The van der Waals surface area contributed by atoms with Crippen LogP contribution < -0.4 is 9.64 Å². The molecule has 6 nitrogen and oxygen atoms in total. The number of nitrogens with zero attached hydrogens (tertiary/aromatic N) is 5. The van der Waals surface area contributed by atoms with Crippen LogP contribution in [0.5, 0.6) is 5.75 Å². The molecule has 3 heterocycles. The first-order valence-corrected chi connectivity index (χ1v) is 7.49. The van der Waals surface area contributed by atoms with Crippen LogP contribution in [0.15, 0.2) is 43.0 Å². The van der Waals surface area contributed by atoms with Crippen molar-refractivity contribution in [1.82, 2.24) is 19.6 Å². The Balaban J connectivity index is 1.53. The van der Waals surface area contributed by atoms with Gasteiger partial charge in [-0.15, -0.1) is 10.2 Å². The summed E-state index contributed by atoms with van der Waals surface area (Å²) < 4.78 is 7.95. The molecule has 3 aromatic rings. The molecule has 7 heteroatoms. The standard InChI is InChI=1S/C15H14ClN5O/c16-12-3-1-2-4-13(12)22-11-5-6-20(9-11)15-8-17-7-14-19-18-10-21(14)15/h1-4,7-8,10-11H,5-6,9H2. The Morgan fingerprint density at radius 3 is 3.05 bits per heavy atom. The van der Waals surface area contributed by atoms with Crippen molar-refractivity contribution in [3.8, 4) is 5.75 Å². The predicted octanol–water partition coefficient (Wildman–Crippen LogP) is 2.44. The summed E-state index contributed by atoms with van der Waals surface area (Å²) in [5, 5.41) is 8.60. The maximum atomic E-state index is 6.15. The summed E-state index contributed by atoms with van der Waals surface area (Å²) in [7, 11) is 0. The third-order valence-corrected chi connectivity index (χ3v) is 4.11. The summed E-state index contributed by atoms with van der Waals surface area (Å²) in [6.07, 6.45) is 6.27. The molecule has 0 saturated carbocycles. The van der Waals surface area contributed by atoms with Crippen molar-refractivity contribution in [2.45, 2.75) is 12.5 Å². The first-order valence-electron chi connectivity index (χ1n) is 7.11. The average molecular weight is 316 g/mol. The third-order valence-electron chi connectivity index (χ3n) is 3.80. The largest absolute Gasteiger partial charge is 0.487 e. The Kier molecular flexibility index (Phi) is 3.31. The minimum absolute atomic E-state index is 0.103. The van der Waals surface area contributed by atoms with E-state index in [2.05, 4.69) is 20.1 Å². The van der Waals surface area contributed by atoms with Gasteiger partial charge >= 0.3 is 0 Å². The summed E-state index contributed by atoms with van der Waals surface area (Å²) in [6, 6.07) is 7.56. The minimum atomic E-state index is 0.103. The second-order valence-electron chi connectivity index (χ2n) is 5.23. The van der Waals surface area contributed by atoms with Crippen molar-refractivity contribution in [2.24, 2.45) is 0 Å². The minimum Gasteiger partial charge on any atom is -0.487 e.